The second-order valence-corrected chi connectivity index (χ2v) is 4.58. The molecule has 2 atom stereocenters. The molecule has 1 aromatic carbocycles. The van der Waals surface area contributed by atoms with E-state index >= 15 is 0 Å². The lowest BCUT2D eigenvalue weighted by Crippen LogP contribution is -2.06. The van der Waals surface area contributed by atoms with E-state index in [-0.39, 0.29) is 5.92 Å². The Balaban J connectivity index is 1.67. The van der Waals surface area contributed by atoms with Gasteiger partial charge in [0.15, 0.2) is 0 Å². The van der Waals surface area contributed by atoms with Gasteiger partial charge in [-0.3, -0.25) is 0 Å². The highest BCUT2D eigenvalue weighted by Crippen LogP contribution is 2.29. The summed E-state index contributed by atoms with van der Waals surface area (Å²) in [6, 6.07) is 10.2. The van der Waals surface area contributed by atoms with Gasteiger partial charge in [0, 0.05) is 12.5 Å². The first-order valence-corrected chi connectivity index (χ1v) is 5.95. The lowest BCUT2D eigenvalue weighted by molar-refractivity contribution is -0.111. The Kier molecular flexibility index (Phi) is 4.11. The van der Waals surface area contributed by atoms with Crippen LogP contribution in [0.25, 0.3) is 0 Å². The summed E-state index contributed by atoms with van der Waals surface area (Å²) in [5, 5.41) is 0. The van der Waals surface area contributed by atoms with Crippen molar-refractivity contribution in [3.8, 4) is 0 Å². The second kappa shape index (κ2) is 5.80. The van der Waals surface area contributed by atoms with Crippen LogP contribution in [0.3, 0.4) is 0 Å². The fraction of sp³-hybridized carbons (Fsp3) is 0.500. The summed E-state index contributed by atoms with van der Waals surface area (Å²) < 4.78 is 5.68. The van der Waals surface area contributed by atoms with E-state index in [0.717, 1.165) is 32.2 Å². The van der Waals surface area contributed by atoms with Gasteiger partial charge in [0.05, 0.1) is 6.61 Å². The molecule has 0 aromatic heterocycles. The lowest BCUT2D eigenvalue weighted by atomic mass is 10.1. The Bertz CT molecular complexity index is 321. The molecule has 1 unspecified atom stereocenters. The Labute approximate surface area is 96.6 Å². The predicted molar refractivity (Wildman–Crippen MR) is 63.0 cm³/mol. The molecule has 1 aromatic rings. The molecule has 1 aliphatic carbocycles. The van der Waals surface area contributed by atoms with Crippen LogP contribution in [0.4, 0.5) is 0 Å². The van der Waals surface area contributed by atoms with Gasteiger partial charge in [0.1, 0.15) is 6.29 Å². The number of carbonyl (C=O) groups is 1. The van der Waals surface area contributed by atoms with Crippen molar-refractivity contribution in [2.75, 3.05) is 6.61 Å². The molecule has 0 radical (unpaired) electrons. The molecule has 0 bridgehead atoms. The van der Waals surface area contributed by atoms with Gasteiger partial charge in [-0.25, -0.2) is 0 Å². The first-order valence-electron chi connectivity index (χ1n) is 5.95. The van der Waals surface area contributed by atoms with Gasteiger partial charge in [0.2, 0.25) is 0 Å². The van der Waals surface area contributed by atoms with Crippen LogP contribution in [0.5, 0.6) is 0 Å². The van der Waals surface area contributed by atoms with Crippen molar-refractivity contribution in [2.45, 2.75) is 25.9 Å². The molecular weight excluding hydrogens is 200 g/mol. The van der Waals surface area contributed by atoms with Gasteiger partial charge in [-0.1, -0.05) is 30.3 Å². The van der Waals surface area contributed by atoms with E-state index in [1.165, 1.54) is 5.56 Å². The van der Waals surface area contributed by atoms with Crippen molar-refractivity contribution in [1.82, 2.24) is 0 Å². The Morgan fingerprint density at radius 2 is 2.06 bits per heavy atom. The molecule has 2 nitrogen and oxygen atoms in total. The quantitative estimate of drug-likeness (QED) is 0.710. The molecule has 1 aliphatic rings. The molecule has 1 fully saturated rings. The molecule has 16 heavy (non-hydrogen) atoms. The number of hydrogen-bond donors (Lipinski definition) is 0. The zero-order valence-electron chi connectivity index (χ0n) is 9.47. The summed E-state index contributed by atoms with van der Waals surface area (Å²) in [6.07, 6.45) is 4.29. The van der Waals surface area contributed by atoms with Gasteiger partial charge in [-0.15, -0.1) is 0 Å². The summed E-state index contributed by atoms with van der Waals surface area (Å²) in [6.45, 7) is 1.47. The lowest BCUT2D eigenvalue weighted by Gasteiger charge is -2.10. The standard InChI is InChI=1S/C14H18O2/c15-9-13-6-7-14(8-13)11-16-10-12-4-2-1-3-5-12/h1-5,9,13-14H,6-8,10-11H2/t13?,14-/m1/s1. The van der Waals surface area contributed by atoms with Gasteiger partial charge in [0.25, 0.3) is 0 Å². The van der Waals surface area contributed by atoms with Crippen molar-refractivity contribution >= 4 is 6.29 Å². The third kappa shape index (κ3) is 3.17. The highest BCUT2D eigenvalue weighted by atomic mass is 16.5. The number of benzene rings is 1. The minimum absolute atomic E-state index is 0.283. The van der Waals surface area contributed by atoms with Crippen molar-refractivity contribution in [3.05, 3.63) is 35.9 Å². The molecule has 0 spiro atoms. The van der Waals surface area contributed by atoms with E-state index in [0.29, 0.717) is 12.5 Å². The van der Waals surface area contributed by atoms with Crippen molar-refractivity contribution in [2.24, 2.45) is 11.8 Å². The largest absolute Gasteiger partial charge is 0.376 e. The van der Waals surface area contributed by atoms with Gasteiger partial charge in [-0.05, 0) is 30.7 Å². The summed E-state index contributed by atoms with van der Waals surface area (Å²) in [4.78, 5) is 10.6. The number of aldehydes is 1. The molecule has 0 saturated heterocycles. The average Bonchev–Trinajstić information content (AvgIpc) is 2.78. The van der Waals surface area contributed by atoms with Gasteiger partial charge >= 0.3 is 0 Å². The van der Waals surface area contributed by atoms with Crippen LogP contribution in [0.2, 0.25) is 0 Å². The zero-order valence-corrected chi connectivity index (χ0v) is 9.47. The molecule has 2 heteroatoms. The zero-order chi connectivity index (χ0) is 11.2. The van der Waals surface area contributed by atoms with E-state index in [4.69, 9.17) is 4.74 Å². The fourth-order valence-corrected chi connectivity index (χ4v) is 2.31. The van der Waals surface area contributed by atoms with Crippen LogP contribution < -0.4 is 0 Å². The summed E-state index contributed by atoms with van der Waals surface area (Å²) in [5.74, 6) is 0.865. The maximum atomic E-state index is 10.6. The molecule has 1 saturated carbocycles. The van der Waals surface area contributed by atoms with E-state index in [1.54, 1.807) is 0 Å². The first kappa shape index (κ1) is 11.3. The minimum Gasteiger partial charge on any atom is -0.376 e. The van der Waals surface area contributed by atoms with E-state index < -0.39 is 0 Å². The Morgan fingerprint density at radius 1 is 1.25 bits per heavy atom. The normalized spacial score (nSPS) is 24.5. The van der Waals surface area contributed by atoms with Crippen molar-refractivity contribution in [1.29, 1.82) is 0 Å². The Hall–Kier alpha value is -1.15. The third-order valence-corrected chi connectivity index (χ3v) is 3.24. The SMILES string of the molecule is O=CC1CC[C@@H](COCc2ccccc2)C1. The second-order valence-electron chi connectivity index (χ2n) is 4.58. The number of carbonyl (C=O) groups excluding carboxylic acids is 1. The highest BCUT2D eigenvalue weighted by molar-refractivity contribution is 5.53. The van der Waals surface area contributed by atoms with Crippen LogP contribution in [0.15, 0.2) is 30.3 Å². The average molecular weight is 218 g/mol. The topological polar surface area (TPSA) is 26.3 Å². The van der Waals surface area contributed by atoms with Crippen LogP contribution in [-0.4, -0.2) is 12.9 Å². The van der Waals surface area contributed by atoms with E-state index in [2.05, 4.69) is 12.1 Å². The van der Waals surface area contributed by atoms with Gasteiger partial charge < -0.3 is 9.53 Å². The minimum atomic E-state index is 0.283. The van der Waals surface area contributed by atoms with E-state index in [1.807, 2.05) is 18.2 Å². The summed E-state index contributed by atoms with van der Waals surface area (Å²) >= 11 is 0. The third-order valence-electron chi connectivity index (χ3n) is 3.24. The van der Waals surface area contributed by atoms with Crippen LogP contribution >= 0.6 is 0 Å². The van der Waals surface area contributed by atoms with Crippen molar-refractivity contribution in [3.63, 3.8) is 0 Å². The van der Waals surface area contributed by atoms with Crippen LogP contribution in [0, 0.1) is 11.8 Å². The monoisotopic (exact) mass is 218 g/mol. The maximum Gasteiger partial charge on any atom is 0.123 e. The first-order chi connectivity index (χ1) is 7.88. The van der Waals surface area contributed by atoms with Crippen LogP contribution in [-0.2, 0) is 16.1 Å². The summed E-state index contributed by atoms with van der Waals surface area (Å²) in [5.41, 5.74) is 1.22. The maximum absolute atomic E-state index is 10.6. The predicted octanol–water partition coefficient (Wildman–Crippen LogP) is 2.82. The molecule has 0 N–H and O–H groups in total. The summed E-state index contributed by atoms with van der Waals surface area (Å²) in [7, 11) is 0. The molecule has 2 rings (SSSR count). The molecule has 0 aliphatic heterocycles. The van der Waals surface area contributed by atoms with E-state index in [9.17, 15) is 4.79 Å². The molecule has 86 valence electrons. The van der Waals surface area contributed by atoms with Crippen molar-refractivity contribution < 1.29 is 9.53 Å². The smallest absolute Gasteiger partial charge is 0.123 e. The molecule has 0 amide bonds. The number of ether oxygens (including phenoxy) is 1. The molecule has 0 heterocycles. The number of rotatable bonds is 5. The van der Waals surface area contributed by atoms with Gasteiger partial charge in [-0.2, -0.15) is 0 Å². The fourth-order valence-electron chi connectivity index (χ4n) is 2.31. The highest BCUT2D eigenvalue weighted by Gasteiger charge is 2.23. The van der Waals surface area contributed by atoms with Crippen LogP contribution in [0.1, 0.15) is 24.8 Å². The molecular formula is C14H18O2. The Morgan fingerprint density at radius 3 is 2.75 bits per heavy atom. The number of hydrogen-bond acceptors (Lipinski definition) is 2.